The highest BCUT2D eigenvalue weighted by molar-refractivity contribution is 6.03. The largest absolute Gasteiger partial charge is 0.401 e. The van der Waals surface area contributed by atoms with Gasteiger partial charge in [-0.3, -0.25) is 0 Å². The Morgan fingerprint density at radius 1 is 0.854 bits per heavy atom. The number of halogens is 3. The summed E-state index contributed by atoms with van der Waals surface area (Å²) in [5.41, 5.74) is 14.3. The summed E-state index contributed by atoms with van der Waals surface area (Å²) in [4.78, 5) is 0. The van der Waals surface area contributed by atoms with E-state index >= 15 is 0 Å². The molecule has 2 N–H and O–H groups in total. The molecule has 3 aromatic carbocycles. The molecule has 0 amide bonds. The van der Waals surface area contributed by atoms with Gasteiger partial charge in [-0.15, -0.1) is 0 Å². The van der Waals surface area contributed by atoms with Crippen molar-refractivity contribution in [1.82, 2.24) is 4.57 Å². The van der Waals surface area contributed by atoms with Crippen LogP contribution in [0.1, 0.15) is 48.1 Å². The number of fused-ring (bicyclic) bond motifs is 1. The molecule has 2 nitrogen and oxygen atoms in total. The van der Waals surface area contributed by atoms with Crippen LogP contribution in [0.25, 0.3) is 27.6 Å². The Morgan fingerprint density at radius 2 is 1.44 bits per heavy atom. The third-order valence-electron chi connectivity index (χ3n) is 8.44. The lowest BCUT2D eigenvalue weighted by Gasteiger charge is -2.32. The van der Waals surface area contributed by atoms with Crippen LogP contribution in [0.15, 0.2) is 103 Å². The summed E-state index contributed by atoms with van der Waals surface area (Å²) >= 11 is 0. The monoisotopic (exact) mass is 554 g/mol. The molecule has 0 radical (unpaired) electrons. The van der Waals surface area contributed by atoms with E-state index in [4.69, 9.17) is 5.73 Å². The molecule has 3 unspecified atom stereocenters. The van der Waals surface area contributed by atoms with Gasteiger partial charge in [-0.2, -0.15) is 13.2 Å². The Bertz CT molecular complexity index is 1620. The van der Waals surface area contributed by atoms with Gasteiger partial charge in [0.15, 0.2) is 0 Å². The number of aromatic nitrogens is 1. The third kappa shape index (κ3) is 5.90. The zero-order valence-corrected chi connectivity index (χ0v) is 24.0. The van der Waals surface area contributed by atoms with Gasteiger partial charge in [0.1, 0.15) is 0 Å². The van der Waals surface area contributed by atoms with E-state index in [0.29, 0.717) is 11.3 Å². The number of allylic oxidation sites excluding steroid dienone is 5. The molecular formula is C36H37F3N2. The summed E-state index contributed by atoms with van der Waals surface area (Å²) in [5.74, 6) is -0.111. The molecule has 1 aliphatic carbocycles. The van der Waals surface area contributed by atoms with Gasteiger partial charge in [0.2, 0.25) is 0 Å². The van der Waals surface area contributed by atoms with E-state index in [9.17, 15) is 13.2 Å². The van der Waals surface area contributed by atoms with Gasteiger partial charge in [-0.1, -0.05) is 115 Å². The van der Waals surface area contributed by atoms with Crippen molar-refractivity contribution in [2.24, 2.45) is 24.6 Å². The molecule has 1 heterocycles. The number of benzene rings is 3. The third-order valence-corrected chi connectivity index (χ3v) is 8.44. The fourth-order valence-electron chi connectivity index (χ4n) is 6.17. The van der Waals surface area contributed by atoms with Gasteiger partial charge in [-0.25, -0.2) is 0 Å². The highest BCUT2D eigenvalue weighted by Gasteiger charge is 2.33. The maximum absolute atomic E-state index is 13.7. The average molecular weight is 555 g/mol. The fraction of sp³-hybridized carbons (Fsp3) is 0.278. The molecule has 1 aliphatic rings. The Hall–Kier alpha value is -3.99. The molecule has 0 fully saturated rings. The van der Waals surface area contributed by atoms with Crippen LogP contribution in [0, 0.1) is 25.7 Å². The lowest BCUT2D eigenvalue weighted by Crippen LogP contribution is -2.26. The summed E-state index contributed by atoms with van der Waals surface area (Å²) in [7, 11) is 1.94. The molecule has 3 atom stereocenters. The number of nitrogens with zero attached hydrogens (tertiary/aromatic N) is 1. The molecule has 1 aromatic heterocycles. The number of aryl methyl sites for hydroxylation is 2. The van der Waals surface area contributed by atoms with Crippen LogP contribution in [0.5, 0.6) is 0 Å². The Kier molecular flexibility index (Phi) is 7.99. The second-order valence-electron chi connectivity index (χ2n) is 11.3. The lowest BCUT2D eigenvalue weighted by molar-refractivity contribution is -0.133. The SMILES string of the molecule is Cc1ccc(-c2c3ccccc3c(/C(CCC(F)(F)F)=C(\N)C3C=CC=CC3C(C)c3ccc(C)cc3)n2C)cc1. The summed E-state index contributed by atoms with van der Waals surface area (Å²) in [6.07, 6.45) is 2.73. The lowest BCUT2D eigenvalue weighted by atomic mass is 9.74. The molecule has 41 heavy (non-hydrogen) atoms. The Labute approximate surface area is 240 Å². The summed E-state index contributed by atoms with van der Waals surface area (Å²) in [6, 6.07) is 24.6. The quantitative estimate of drug-likeness (QED) is 0.242. The van der Waals surface area contributed by atoms with Crippen molar-refractivity contribution in [2.75, 3.05) is 0 Å². The van der Waals surface area contributed by atoms with Crippen LogP contribution in [-0.4, -0.2) is 10.7 Å². The molecule has 212 valence electrons. The van der Waals surface area contributed by atoms with Crippen molar-refractivity contribution in [1.29, 1.82) is 0 Å². The highest BCUT2D eigenvalue weighted by atomic mass is 19.4. The van der Waals surface area contributed by atoms with Crippen LogP contribution in [0.3, 0.4) is 0 Å². The van der Waals surface area contributed by atoms with E-state index < -0.39 is 12.6 Å². The van der Waals surface area contributed by atoms with E-state index in [0.717, 1.165) is 33.3 Å². The van der Waals surface area contributed by atoms with E-state index in [1.54, 1.807) is 0 Å². The molecule has 0 aliphatic heterocycles. The van der Waals surface area contributed by atoms with Crippen molar-refractivity contribution in [2.45, 2.75) is 45.7 Å². The second-order valence-corrected chi connectivity index (χ2v) is 11.3. The van der Waals surface area contributed by atoms with Crippen molar-refractivity contribution in [3.63, 3.8) is 0 Å². The maximum atomic E-state index is 13.7. The summed E-state index contributed by atoms with van der Waals surface area (Å²) < 4.78 is 43.2. The summed E-state index contributed by atoms with van der Waals surface area (Å²) in [5, 5.41) is 1.90. The Balaban J connectivity index is 1.69. The maximum Gasteiger partial charge on any atom is 0.389 e. The van der Waals surface area contributed by atoms with Gasteiger partial charge >= 0.3 is 6.18 Å². The first-order chi connectivity index (χ1) is 19.5. The second kappa shape index (κ2) is 11.5. The number of alkyl halides is 3. The fourth-order valence-corrected chi connectivity index (χ4v) is 6.17. The van der Waals surface area contributed by atoms with Crippen LogP contribution in [-0.2, 0) is 7.05 Å². The molecule has 0 saturated carbocycles. The van der Waals surface area contributed by atoms with Crippen LogP contribution in [0.4, 0.5) is 13.2 Å². The average Bonchev–Trinajstić information content (AvgIpc) is 3.24. The molecule has 5 rings (SSSR count). The van der Waals surface area contributed by atoms with Gasteiger partial charge in [0, 0.05) is 35.9 Å². The first kappa shape index (κ1) is 28.5. The van der Waals surface area contributed by atoms with Gasteiger partial charge in [0.05, 0.1) is 11.4 Å². The van der Waals surface area contributed by atoms with Gasteiger partial charge in [-0.05, 0) is 48.8 Å². The van der Waals surface area contributed by atoms with Crippen LogP contribution in [0.2, 0.25) is 0 Å². The first-order valence-electron chi connectivity index (χ1n) is 14.2. The van der Waals surface area contributed by atoms with Crippen molar-refractivity contribution >= 4 is 16.3 Å². The number of nitrogens with two attached hydrogens (primary N) is 1. The molecule has 0 spiro atoms. The van der Waals surface area contributed by atoms with E-state index in [1.807, 2.05) is 61.0 Å². The van der Waals surface area contributed by atoms with Crippen LogP contribution >= 0.6 is 0 Å². The predicted octanol–water partition coefficient (Wildman–Crippen LogP) is 9.64. The standard InChI is InChI=1S/C36H37F3N2/c1-23-13-17-26(18-14-23)25(3)28-9-5-6-10-29(28)33(40)32(21-22-36(37,38)39)35-31-12-8-7-11-30(31)34(41(35)4)27-19-15-24(2)16-20-27/h5-20,25,28-29H,21-22,40H2,1-4H3/b33-32-. The Morgan fingerprint density at radius 3 is 2.07 bits per heavy atom. The minimum Gasteiger partial charge on any atom is -0.401 e. The molecule has 0 saturated heterocycles. The highest BCUT2D eigenvalue weighted by Crippen LogP contribution is 2.44. The van der Waals surface area contributed by atoms with Crippen molar-refractivity contribution in [3.05, 3.63) is 125 Å². The van der Waals surface area contributed by atoms with Gasteiger partial charge in [0.25, 0.3) is 0 Å². The van der Waals surface area contributed by atoms with Gasteiger partial charge < -0.3 is 10.3 Å². The molecular weight excluding hydrogens is 517 g/mol. The zero-order valence-electron chi connectivity index (χ0n) is 24.0. The smallest absolute Gasteiger partial charge is 0.389 e. The minimum atomic E-state index is -4.30. The first-order valence-corrected chi connectivity index (χ1v) is 14.2. The summed E-state index contributed by atoms with van der Waals surface area (Å²) in [6.45, 7) is 6.27. The van der Waals surface area contributed by atoms with E-state index in [2.05, 4.69) is 68.5 Å². The minimum absolute atomic E-state index is 0.00620. The number of hydrogen-bond acceptors (Lipinski definition) is 1. The zero-order chi connectivity index (χ0) is 29.3. The molecule has 5 heteroatoms. The predicted molar refractivity (Wildman–Crippen MR) is 164 cm³/mol. The van der Waals surface area contributed by atoms with E-state index in [1.165, 1.54) is 11.1 Å². The molecule has 0 bridgehead atoms. The van der Waals surface area contributed by atoms with Crippen molar-refractivity contribution < 1.29 is 13.2 Å². The van der Waals surface area contributed by atoms with E-state index in [-0.39, 0.29) is 24.2 Å². The molecule has 4 aromatic rings. The topological polar surface area (TPSA) is 30.9 Å². The number of hydrogen-bond donors (Lipinski definition) is 1. The number of rotatable bonds is 7. The van der Waals surface area contributed by atoms with Crippen molar-refractivity contribution in [3.8, 4) is 11.3 Å². The normalized spacial score (nSPS) is 18.5. The van der Waals surface area contributed by atoms with Crippen LogP contribution < -0.4 is 5.73 Å².